The van der Waals surface area contributed by atoms with E-state index in [1.54, 1.807) is 37.3 Å². The molecule has 21 heavy (non-hydrogen) atoms. The van der Waals surface area contributed by atoms with Crippen LogP contribution in [0.4, 0.5) is 21.0 Å². The zero-order valence-corrected chi connectivity index (χ0v) is 11.4. The van der Waals surface area contributed by atoms with Crippen molar-refractivity contribution in [1.29, 1.82) is 0 Å². The van der Waals surface area contributed by atoms with Crippen molar-refractivity contribution in [2.75, 3.05) is 10.0 Å². The van der Waals surface area contributed by atoms with Crippen molar-refractivity contribution in [3.63, 3.8) is 0 Å². The first kappa shape index (κ1) is 14.6. The molecule has 2 aromatic carbocycles. The summed E-state index contributed by atoms with van der Waals surface area (Å²) in [5.41, 5.74) is 11.9. The van der Waals surface area contributed by atoms with Crippen molar-refractivity contribution < 1.29 is 9.59 Å². The minimum Gasteiger partial charge on any atom is -0.350 e. The molecule has 110 valence electrons. The number of carbonyl (C=O) groups excluding carboxylic acids is 2. The molecule has 0 saturated heterocycles. The molecule has 0 atom stereocenters. The first-order valence-corrected chi connectivity index (χ1v) is 6.05. The van der Waals surface area contributed by atoms with Crippen LogP contribution in [0.25, 0.3) is 10.8 Å². The highest BCUT2D eigenvalue weighted by molar-refractivity contribution is 6.10. The average Bonchev–Trinajstić information content (AvgIpc) is 2.44. The molecule has 0 fully saturated rings. The molecule has 2 aromatic rings. The number of carbonyl (C=O) groups is 2. The number of anilines is 2. The summed E-state index contributed by atoms with van der Waals surface area (Å²) in [6.45, 7) is 1.73. The fourth-order valence-corrected chi connectivity index (χ4v) is 2.22. The number of nitrogens with two attached hydrogens (primary N) is 4. The molecular weight excluding hydrogens is 272 g/mol. The van der Waals surface area contributed by atoms with Crippen molar-refractivity contribution in [2.24, 2.45) is 23.2 Å². The Morgan fingerprint density at radius 3 is 2.00 bits per heavy atom. The maximum Gasteiger partial charge on any atom is 0.333 e. The van der Waals surface area contributed by atoms with Gasteiger partial charge in [0.2, 0.25) is 0 Å². The molecule has 0 aliphatic rings. The van der Waals surface area contributed by atoms with Gasteiger partial charge in [-0.2, -0.15) is 0 Å². The summed E-state index contributed by atoms with van der Waals surface area (Å²) in [6.07, 6.45) is 0. The Balaban J connectivity index is 2.81. The van der Waals surface area contributed by atoms with Crippen molar-refractivity contribution in [3.8, 4) is 0 Å². The standard InChI is InChI=1S/C13H16N6O2/c1-7-6-10(18(16)12(14)20)8-4-2-3-5-9(8)11(7)19(17)13(15)21/h2-6H,16-17H2,1H3,(H2,14,20)(H2,15,21). The fourth-order valence-electron chi connectivity index (χ4n) is 2.22. The largest absolute Gasteiger partial charge is 0.350 e. The minimum atomic E-state index is -0.799. The predicted molar refractivity (Wildman–Crippen MR) is 81.2 cm³/mol. The molecule has 8 heteroatoms. The van der Waals surface area contributed by atoms with Crippen LogP contribution in [0.3, 0.4) is 0 Å². The van der Waals surface area contributed by atoms with Gasteiger partial charge in [-0.05, 0) is 18.6 Å². The maximum atomic E-state index is 11.3. The second-order valence-electron chi connectivity index (χ2n) is 4.52. The van der Waals surface area contributed by atoms with Crippen LogP contribution >= 0.6 is 0 Å². The van der Waals surface area contributed by atoms with Gasteiger partial charge in [0.1, 0.15) is 0 Å². The van der Waals surface area contributed by atoms with Crippen LogP contribution in [-0.2, 0) is 0 Å². The number of aryl methyl sites for hydroxylation is 1. The molecule has 0 aliphatic carbocycles. The summed E-state index contributed by atoms with van der Waals surface area (Å²) in [5.74, 6) is 11.4. The summed E-state index contributed by atoms with van der Waals surface area (Å²) in [4.78, 5) is 22.6. The lowest BCUT2D eigenvalue weighted by Crippen LogP contribution is -2.43. The highest BCUT2D eigenvalue weighted by atomic mass is 16.2. The number of hydrogen-bond acceptors (Lipinski definition) is 4. The van der Waals surface area contributed by atoms with Gasteiger partial charge in [0.05, 0.1) is 11.4 Å². The van der Waals surface area contributed by atoms with Gasteiger partial charge in [-0.1, -0.05) is 24.3 Å². The lowest BCUT2D eigenvalue weighted by molar-refractivity contribution is 0.253. The zero-order valence-electron chi connectivity index (χ0n) is 11.4. The molecule has 2 rings (SSSR count). The van der Waals surface area contributed by atoms with Crippen molar-refractivity contribution in [2.45, 2.75) is 6.92 Å². The number of urea groups is 2. The SMILES string of the molecule is Cc1cc(N(N)C(N)=O)c2ccccc2c1N(N)C(N)=O. The highest BCUT2D eigenvalue weighted by Gasteiger charge is 2.19. The minimum absolute atomic E-state index is 0.414. The van der Waals surface area contributed by atoms with Gasteiger partial charge < -0.3 is 11.5 Å². The van der Waals surface area contributed by atoms with Crippen LogP contribution < -0.4 is 33.2 Å². The van der Waals surface area contributed by atoms with Crippen molar-refractivity contribution >= 4 is 34.2 Å². The highest BCUT2D eigenvalue weighted by Crippen LogP contribution is 2.35. The summed E-state index contributed by atoms with van der Waals surface area (Å²) in [6, 6.07) is 7.05. The quantitative estimate of drug-likeness (QED) is 0.365. The fraction of sp³-hybridized carbons (Fsp3) is 0.0769. The van der Waals surface area contributed by atoms with E-state index in [1.165, 1.54) is 0 Å². The van der Waals surface area contributed by atoms with E-state index < -0.39 is 12.1 Å². The Kier molecular flexibility index (Phi) is 3.66. The van der Waals surface area contributed by atoms with Crippen LogP contribution in [0.5, 0.6) is 0 Å². The third kappa shape index (κ3) is 2.45. The monoisotopic (exact) mass is 288 g/mol. The van der Waals surface area contributed by atoms with Gasteiger partial charge in [-0.15, -0.1) is 0 Å². The topological polar surface area (TPSA) is 145 Å². The molecule has 8 N–H and O–H groups in total. The number of amides is 4. The molecule has 0 aromatic heterocycles. The van der Waals surface area contributed by atoms with Gasteiger partial charge in [-0.25, -0.2) is 31.3 Å². The molecule has 0 saturated carbocycles. The van der Waals surface area contributed by atoms with Gasteiger partial charge in [-0.3, -0.25) is 0 Å². The van der Waals surface area contributed by atoms with Crippen LogP contribution in [-0.4, -0.2) is 12.1 Å². The molecule has 4 amide bonds. The van der Waals surface area contributed by atoms with Crippen LogP contribution in [0.2, 0.25) is 0 Å². The third-order valence-corrected chi connectivity index (χ3v) is 3.16. The number of primary amides is 2. The van der Waals surface area contributed by atoms with E-state index >= 15 is 0 Å². The lowest BCUT2D eigenvalue weighted by Gasteiger charge is -2.23. The van der Waals surface area contributed by atoms with Gasteiger partial charge in [0, 0.05) is 10.8 Å². The first-order chi connectivity index (χ1) is 9.84. The summed E-state index contributed by atoms with van der Waals surface area (Å²) < 4.78 is 0. The van der Waals surface area contributed by atoms with Crippen LogP contribution in [0, 0.1) is 6.92 Å². The van der Waals surface area contributed by atoms with E-state index in [4.69, 9.17) is 23.2 Å². The maximum absolute atomic E-state index is 11.3. The van der Waals surface area contributed by atoms with Crippen molar-refractivity contribution in [3.05, 3.63) is 35.9 Å². The van der Waals surface area contributed by atoms with E-state index in [1.807, 2.05) is 0 Å². The number of fused-ring (bicyclic) bond motifs is 1. The molecular formula is C13H16N6O2. The van der Waals surface area contributed by atoms with Gasteiger partial charge >= 0.3 is 12.1 Å². The normalized spacial score (nSPS) is 10.4. The smallest absolute Gasteiger partial charge is 0.333 e. The Morgan fingerprint density at radius 2 is 1.48 bits per heavy atom. The zero-order chi connectivity index (χ0) is 15.7. The van der Waals surface area contributed by atoms with Crippen LogP contribution in [0.1, 0.15) is 5.56 Å². The van der Waals surface area contributed by atoms with E-state index in [2.05, 4.69) is 0 Å². The van der Waals surface area contributed by atoms with E-state index in [0.717, 1.165) is 10.0 Å². The second kappa shape index (κ2) is 5.27. The average molecular weight is 288 g/mol. The summed E-state index contributed by atoms with van der Waals surface area (Å²) in [7, 11) is 0. The predicted octanol–water partition coefficient (Wildman–Crippen LogP) is 0.666. The number of nitrogens with zero attached hydrogens (tertiary/aromatic N) is 2. The summed E-state index contributed by atoms with van der Waals surface area (Å²) in [5, 5.41) is 2.94. The van der Waals surface area contributed by atoms with Gasteiger partial charge in [0.15, 0.2) is 0 Å². The molecule has 0 unspecified atom stereocenters. The molecule has 0 spiro atoms. The number of rotatable bonds is 2. The number of benzene rings is 2. The van der Waals surface area contributed by atoms with Crippen molar-refractivity contribution in [1.82, 2.24) is 0 Å². The third-order valence-electron chi connectivity index (χ3n) is 3.16. The van der Waals surface area contributed by atoms with E-state index in [0.29, 0.717) is 27.7 Å². The molecule has 0 heterocycles. The second-order valence-corrected chi connectivity index (χ2v) is 4.52. The van der Waals surface area contributed by atoms with E-state index in [-0.39, 0.29) is 0 Å². The van der Waals surface area contributed by atoms with Gasteiger partial charge in [0.25, 0.3) is 0 Å². The first-order valence-electron chi connectivity index (χ1n) is 6.05. The molecule has 0 radical (unpaired) electrons. The Morgan fingerprint density at radius 1 is 0.952 bits per heavy atom. The molecule has 8 nitrogen and oxygen atoms in total. The summed E-state index contributed by atoms with van der Waals surface area (Å²) >= 11 is 0. The Labute approximate surface area is 120 Å². The molecule has 0 bridgehead atoms. The number of hydrazine groups is 2. The van der Waals surface area contributed by atoms with E-state index in [9.17, 15) is 9.59 Å². The molecule has 0 aliphatic heterocycles. The Bertz CT molecular complexity index is 730. The van der Waals surface area contributed by atoms with Crippen LogP contribution in [0.15, 0.2) is 30.3 Å². The lowest BCUT2D eigenvalue weighted by atomic mass is 10.0. The Hall–Kier alpha value is -2.84. The number of hydrogen-bond donors (Lipinski definition) is 4.